The lowest BCUT2D eigenvalue weighted by molar-refractivity contribution is -0.128. The third kappa shape index (κ3) is 5.85. The Bertz CT molecular complexity index is 1530. The fourth-order valence-corrected chi connectivity index (χ4v) is 5.39. The molecule has 42 heavy (non-hydrogen) atoms. The number of aromatic hydroxyl groups is 1. The molecular formula is C31H34ClFN6O3. The van der Waals surface area contributed by atoms with E-state index in [1.807, 2.05) is 32.6 Å². The first kappa shape index (κ1) is 30.6. The van der Waals surface area contributed by atoms with Crippen molar-refractivity contribution in [3.8, 4) is 17.0 Å². The van der Waals surface area contributed by atoms with Crippen LogP contribution in [-0.2, 0) is 15.0 Å². The lowest BCUT2D eigenvalue weighted by Crippen LogP contribution is -2.55. The highest BCUT2D eigenvalue weighted by atomic mass is 35.5. The van der Waals surface area contributed by atoms with Crippen LogP contribution < -0.4 is 4.90 Å². The van der Waals surface area contributed by atoms with Crippen LogP contribution in [0, 0.1) is 5.82 Å². The van der Waals surface area contributed by atoms with Crippen molar-refractivity contribution in [3.05, 3.63) is 77.3 Å². The Hall–Kier alpha value is -4.31. The minimum atomic E-state index is -0.724. The van der Waals surface area contributed by atoms with E-state index in [4.69, 9.17) is 16.6 Å². The molecule has 1 saturated heterocycles. The molecule has 0 spiro atoms. The van der Waals surface area contributed by atoms with E-state index < -0.39 is 11.2 Å². The molecule has 0 radical (unpaired) electrons. The molecule has 4 rings (SSSR count). The van der Waals surface area contributed by atoms with Gasteiger partial charge in [0.2, 0.25) is 12.3 Å². The van der Waals surface area contributed by atoms with E-state index in [1.54, 1.807) is 36.3 Å². The molecule has 2 amide bonds. The molecule has 2 aromatic heterocycles. The van der Waals surface area contributed by atoms with Gasteiger partial charge in [-0.3, -0.25) is 24.5 Å². The van der Waals surface area contributed by atoms with Crippen LogP contribution in [0.1, 0.15) is 39.0 Å². The summed E-state index contributed by atoms with van der Waals surface area (Å²) in [4.78, 5) is 44.1. The number of amides is 2. The van der Waals surface area contributed by atoms with Gasteiger partial charge >= 0.3 is 0 Å². The van der Waals surface area contributed by atoms with Gasteiger partial charge in [0.05, 0.1) is 33.2 Å². The van der Waals surface area contributed by atoms with Crippen LogP contribution in [0.3, 0.4) is 0 Å². The van der Waals surface area contributed by atoms with E-state index in [-0.39, 0.29) is 39.8 Å². The van der Waals surface area contributed by atoms with Gasteiger partial charge < -0.3 is 14.9 Å². The monoisotopic (exact) mass is 592 g/mol. The van der Waals surface area contributed by atoms with E-state index in [1.165, 1.54) is 29.2 Å². The maximum Gasteiger partial charge on any atom is 0.246 e. The minimum Gasteiger partial charge on any atom is -0.507 e. The number of anilines is 2. The molecule has 3 aromatic rings. The standard InChI is InChI=1S/C31H34ClFN6O3/c1-7-25(42)37-14-15-38(19(2)17-37)29(34-6)20-16-21(32)27(26-22(33)10-8-12-24(26)41)36-30(20)39(18-40)23-11-9-13-35-28(23)31(3,4)5/h7-13,16,18-19,41H,1,14-15,17H2,2-6H3. The smallest absolute Gasteiger partial charge is 0.246 e. The predicted octanol–water partition coefficient (Wildman–Crippen LogP) is 5.33. The third-order valence-electron chi connectivity index (χ3n) is 7.11. The molecule has 1 atom stereocenters. The number of benzene rings is 1. The zero-order chi connectivity index (χ0) is 30.8. The van der Waals surface area contributed by atoms with Crippen LogP contribution in [0.25, 0.3) is 11.3 Å². The highest BCUT2D eigenvalue weighted by Gasteiger charge is 2.33. The van der Waals surface area contributed by atoms with Gasteiger partial charge in [0.25, 0.3) is 0 Å². The van der Waals surface area contributed by atoms with Gasteiger partial charge in [-0.25, -0.2) is 9.37 Å². The average Bonchev–Trinajstić information content (AvgIpc) is 2.95. The molecule has 3 heterocycles. The number of halogens is 2. The molecule has 11 heteroatoms. The van der Waals surface area contributed by atoms with Crippen LogP contribution in [0.4, 0.5) is 15.9 Å². The third-order valence-corrected chi connectivity index (χ3v) is 7.40. The van der Waals surface area contributed by atoms with Crippen molar-refractivity contribution in [2.24, 2.45) is 4.99 Å². The first-order chi connectivity index (χ1) is 19.9. The van der Waals surface area contributed by atoms with Gasteiger partial charge in [0.15, 0.2) is 5.82 Å². The first-order valence-electron chi connectivity index (χ1n) is 13.5. The Morgan fingerprint density at radius 1 is 1.26 bits per heavy atom. The molecule has 1 aliphatic heterocycles. The molecule has 0 saturated carbocycles. The van der Waals surface area contributed by atoms with Crippen molar-refractivity contribution in [2.75, 3.05) is 31.6 Å². The van der Waals surface area contributed by atoms with Crippen LogP contribution in [0.15, 0.2) is 60.2 Å². The van der Waals surface area contributed by atoms with Crippen molar-refractivity contribution >= 4 is 41.3 Å². The van der Waals surface area contributed by atoms with E-state index in [9.17, 15) is 14.7 Å². The normalized spacial score (nSPS) is 15.9. The Balaban J connectivity index is 1.96. The maximum atomic E-state index is 15.0. The number of nitrogens with zero attached hydrogens (tertiary/aromatic N) is 6. The van der Waals surface area contributed by atoms with Crippen molar-refractivity contribution < 1.29 is 19.1 Å². The highest BCUT2D eigenvalue weighted by molar-refractivity contribution is 6.33. The topological polar surface area (TPSA) is 102 Å². The molecule has 1 N–H and O–H groups in total. The summed E-state index contributed by atoms with van der Waals surface area (Å²) in [6, 6.07) is 8.80. The van der Waals surface area contributed by atoms with Gasteiger partial charge in [-0.2, -0.15) is 0 Å². The van der Waals surface area contributed by atoms with Gasteiger partial charge in [0, 0.05) is 44.3 Å². The number of amidine groups is 1. The minimum absolute atomic E-state index is 0.0380. The van der Waals surface area contributed by atoms with Crippen molar-refractivity contribution in [1.29, 1.82) is 0 Å². The predicted molar refractivity (Wildman–Crippen MR) is 163 cm³/mol. The molecule has 1 fully saturated rings. The summed E-state index contributed by atoms with van der Waals surface area (Å²) in [6.45, 7) is 12.8. The second-order valence-electron chi connectivity index (χ2n) is 11.0. The van der Waals surface area contributed by atoms with Crippen molar-refractivity contribution in [3.63, 3.8) is 0 Å². The molecule has 220 valence electrons. The van der Waals surface area contributed by atoms with E-state index >= 15 is 4.39 Å². The number of pyridine rings is 2. The number of hydrogen-bond acceptors (Lipinski definition) is 6. The largest absolute Gasteiger partial charge is 0.507 e. The Labute approximate surface area is 250 Å². The molecule has 1 aromatic carbocycles. The molecule has 9 nitrogen and oxygen atoms in total. The number of carbonyl (C=O) groups is 2. The zero-order valence-electron chi connectivity index (χ0n) is 24.3. The number of aliphatic imine (C=N–C) groups is 1. The molecule has 1 unspecified atom stereocenters. The van der Waals surface area contributed by atoms with Gasteiger partial charge in [-0.15, -0.1) is 0 Å². The van der Waals surface area contributed by atoms with Crippen LogP contribution in [0.2, 0.25) is 5.02 Å². The Morgan fingerprint density at radius 3 is 2.60 bits per heavy atom. The SMILES string of the molecule is C=CC(=O)N1CCN(C(=NC)c2cc(Cl)c(-c3c(O)cccc3F)nc2N(C=O)c2cccnc2C(C)(C)C)C(C)C1. The van der Waals surface area contributed by atoms with Crippen molar-refractivity contribution in [1.82, 2.24) is 19.8 Å². The second-order valence-corrected chi connectivity index (χ2v) is 11.4. The van der Waals surface area contributed by atoms with E-state index in [0.29, 0.717) is 48.8 Å². The van der Waals surface area contributed by atoms with Gasteiger partial charge in [-0.1, -0.05) is 45.0 Å². The van der Waals surface area contributed by atoms with E-state index in [2.05, 4.69) is 16.6 Å². The lowest BCUT2D eigenvalue weighted by atomic mass is 9.90. The quantitative estimate of drug-likeness (QED) is 0.180. The fraction of sp³-hybridized carbons (Fsp3) is 0.323. The number of piperazine rings is 1. The number of aromatic nitrogens is 2. The van der Waals surface area contributed by atoms with Crippen LogP contribution in [0.5, 0.6) is 5.75 Å². The number of hydrogen-bond donors (Lipinski definition) is 1. The number of carbonyl (C=O) groups excluding carboxylic acids is 2. The molecule has 1 aliphatic rings. The first-order valence-corrected chi connectivity index (χ1v) is 13.8. The maximum absolute atomic E-state index is 15.0. The molecule has 0 bridgehead atoms. The molecular weight excluding hydrogens is 559 g/mol. The average molecular weight is 593 g/mol. The number of phenolic OH excluding ortho intramolecular Hbond substituents is 1. The summed E-state index contributed by atoms with van der Waals surface area (Å²) >= 11 is 6.74. The summed E-state index contributed by atoms with van der Waals surface area (Å²) in [5.41, 5.74) is 0.849. The van der Waals surface area contributed by atoms with Gasteiger partial charge in [-0.05, 0) is 43.3 Å². The second kappa shape index (κ2) is 12.3. The fourth-order valence-electron chi connectivity index (χ4n) is 5.14. The highest BCUT2D eigenvalue weighted by Crippen LogP contribution is 2.41. The Morgan fingerprint density at radius 2 is 2.00 bits per heavy atom. The van der Waals surface area contributed by atoms with E-state index in [0.717, 1.165) is 0 Å². The summed E-state index contributed by atoms with van der Waals surface area (Å²) < 4.78 is 15.0. The van der Waals surface area contributed by atoms with Crippen LogP contribution in [-0.4, -0.2) is 75.8 Å². The summed E-state index contributed by atoms with van der Waals surface area (Å²) in [5.74, 6) is -0.621. The summed E-state index contributed by atoms with van der Waals surface area (Å²) in [6.07, 6.45) is 3.56. The summed E-state index contributed by atoms with van der Waals surface area (Å²) in [7, 11) is 1.62. The number of rotatable bonds is 6. The Kier molecular flexibility index (Phi) is 8.96. The number of phenols is 1. The lowest BCUT2D eigenvalue weighted by Gasteiger charge is -2.41. The van der Waals surface area contributed by atoms with Gasteiger partial charge in [0.1, 0.15) is 17.4 Å². The summed E-state index contributed by atoms with van der Waals surface area (Å²) in [5, 5.41) is 10.6. The van der Waals surface area contributed by atoms with Crippen LogP contribution >= 0.6 is 11.6 Å². The molecule has 0 aliphatic carbocycles. The van der Waals surface area contributed by atoms with Crippen molar-refractivity contribution in [2.45, 2.75) is 39.2 Å². The zero-order valence-corrected chi connectivity index (χ0v) is 25.1.